The van der Waals surface area contributed by atoms with E-state index in [-0.39, 0.29) is 5.82 Å². The Morgan fingerprint density at radius 1 is 1.28 bits per heavy atom. The molecule has 130 valence electrons. The summed E-state index contributed by atoms with van der Waals surface area (Å²) in [6, 6.07) is 1.79. The van der Waals surface area contributed by atoms with E-state index in [1.807, 2.05) is 0 Å². The summed E-state index contributed by atoms with van der Waals surface area (Å²) >= 11 is 4.62. The number of halogens is 4. The van der Waals surface area contributed by atoms with E-state index in [1.165, 1.54) is 11.3 Å². The third-order valence-corrected chi connectivity index (χ3v) is 5.01. The molecule has 0 amide bonds. The zero-order valence-corrected chi connectivity index (χ0v) is 14.8. The fraction of sp³-hybridized carbons (Fsp3) is 0.286. The summed E-state index contributed by atoms with van der Waals surface area (Å²) in [5.41, 5.74) is 1.18. The molecular weight excluding hydrogens is 423 g/mol. The standard InChI is InChI=1S/C14H9BrF3N5OS/c15-7-3-8-10(19-4-7)11-9(1-2-24-8)25-13(22-11)12-20-6-21-23(12)5-14(16,17)18/h3-4,6H,1-2,5H2. The zero-order chi connectivity index (χ0) is 17.6. The second kappa shape index (κ2) is 6.06. The molecular formula is C14H9BrF3N5OS. The maximum absolute atomic E-state index is 12.7. The Morgan fingerprint density at radius 3 is 2.92 bits per heavy atom. The fourth-order valence-electron chi connectivity index (χ4n) is 2.48. The van der Waals surface area contributed by atoms with Crippen LogP contribution in [0.15, 0.2) is 23.1 Å². The smallest absolute Gasteiger partial charge is 0.408 e. The Kier molecular flexibility index (Phi) is 3.99. The van der Waals surface area contributed by atoms with Crippen molar-refractivity contribution in [2.75, 3.05) is 6.61 Å². The summed E-state index contributed by atoms with van der Waals surface area (Å²) < 4.78 is 45.3. The van der Waals surface area contributed by atoms with Crippen molar-refractivity contribution < 1.29 is 17.9 Å². The molecule has 0 bridgehead atoms. The van der Waals surface area contributed by atoms with Gasteiger partial charge in [-0.05, 0) is 22.0 Å². The van der Waals surface area contributed by atoms with E-state index in [0.29, 0.717) is 35.2 Å². The predicted molar refractivity (Wildman–Crippen MR) is 87.3 cm³/mol. The van der Waals surface area contributed by atoms with Gasteiger partial charge in [0.05, 0.1) is 6.61 Å². The highest BCUT2D eigenvalue weighted by Crippen LogP contribution is 2.39. The lowest BCUT2D eigenvalue weighted by atomic mass is 10.2. The number of aromatic nitrogens is 5. The van der Waals surface area contributed by atoms with Gasteiger partial charge in [0.2, 0.25) is 0 Å². The van der Waals surface area contributed by atoms with E-state index in [2.05, 4.69) is 36.0 Å². The van der Waals surface area contributed by atoms with Gasteiger partial charge >= 0.3 is 6.18 Å². The Labute approximate surface area is 151 Å². The fourth-order valence-corrected chi connectivity index (χ4v) is 3.83. The summed E-state index contributed by atoms with van der Waals surface area (Å²) in [6.45, 7) is -0.771. The number of alkyl halides is 3. The van der Waals surface area contributed by atoms with E-state index in [4.69, 9.17) is 4.74 Å². The first-order valence-corrected chi connectivity index (χ1v) is 8.75. The number of thiazole rings is 1. The molecule has 0 spiro atoms. The highest BCUT2D eigenvalue weighted by Gasteiger charge is 2.31. The minimum absolute atomic E-state index is 0.0926. The first-order chi connectivity index (χ1) is 11.9. The molecule has 1 aliphatic heterocycles. The Balaban J connectivity index is 1.79. The minimum Gasteiger partial charge on any atom is -0.491 e. The molecule has 4 heterocycles. The highest BCUT2D eigenvalue weighted by atomic mass is 79.9. The van der Waals surface area contributed by atoms with E-state index in [1.54, 1.807) is 12.3 Å². The number of hydrogen-bond donors (Lipinski definition) is 0. The maximum atomic E-state index is 12.7. The molecule has 6 nitrogen and oxygen atoms in total. The first kappa shape index (κ1) is 16.5. The van der Waals surface area contributed by atoms with Crippen LogP contribution in [0.25, 0.3) is 22.2 Å². The van der Waals surface area contributed by atoms with Crippen molar-refractivity contribution in [2.45, 2.75) is 19.1 Å². The molecule has 0 saturated heterocycles. The lowest BCUT2D eigenvalue weighted by Gasteiger charge is -2.07. The summed E-state index contributed by atoms with van der Waals surface area (Å²) in [4.78, 5) is 13.7. The number of pyridine rings is 1. The molecule has 0 aromatic carbocycles. The monoisotopic (exact) mass is 431 g/mol. The molecule has 25 heavy (non-hydrogen) atoms. The van der Waals surface area contributed by atoms with Gasteiger partial charge in [-0.3, -0.25) is 0 Å². The number of ether oxygens (including phenoxy) is 1. The van der Waals surface area contributed by atoms with Crippen LogP contribution in [-0.2, 0) is 13.0 Å². The molecule has 1 aliphatic rings. The van der Waals surface area contributed by atoms with Crippen LogP contribution in [-0.4, -0.2) is 37.5 Å². The molecule has 0 atom stereocenters. The van der Waals surface area contributed by atoms with E-state index >= 15 is 0 Å². The Hall–Kier alpha value is -2.01. The van der Waals surface area contributed by atoms with Crippen LogP contribution in [0.4, 0.5) is 13.2 Å². The molecule has 0 fully saturated rings. The molecule has 0 unspecified atom stereocenters. The minimum atomic E-state index is -4.38. The van der Waals surface area contributed by atoms with E-state index < -0.39 is 12.7 Å². The van der Waals surface area contributed by atoms with Crippen LogP contribution in [0.2, 0.25) is 0 Å². The summed E-state index contributed by atoms with van der Waals surface area (Å²) in [7, 11) is 0. The topological polar surface area (TPSA) is 65.7 Å². The van der Waals surface area contributed by atoms with Crippen LogP contribution in [0.5, 0.6) is 5.75 Å². The second-order valence-corrected chi connectivity index (χ2v) is 7.25. The van der Waals surface area contributed by atoms with Crippen molar-refractivity contribution in [1.29, 1.82) is 0 Å². The van der Waals surface area contributed by atoms with Gasteiger partial charge in [-0.1, -0.05) is 0 Å². The largest absolute Gasteiger partial charge is 0.491 e. The molecule has 0 radical (unpaired) electrons. The zero-order valence-electron chi connectivity index (χ0n) is 12.4. The van der Waals surface area contributed by atoms with Crippen molar-refractivity contribution in [1.82, 2.24) is 24.7 Å². The van der Waals surface area contributed by atoms with Crippen molar-refractivity contribution in [3.63, 3.8) is 0 Å². The van der Waals surface area contributed by atoms with Crippen molar-refractivity contribution in [2.24, 2.45) is 0 Å². The number of hydrogen-bond acceptors (Lipinski definition) is 6. The summed E-state index contributed by atoms with van der Waals surface area (Å²) in [5.74, 6) is 0.678. The van der Waals surface area contributed by atoms with E-state index in [9.17, 15) is 13.2 Å². The van der Waals surface area contributed by atoms with Crippen LogP contribution in [0.3, 0.4) is 0 Å². The van der Waals surface area contributed by atoms with Gasteiger partial charge in [0, 0.05) is 22.0 Å². The number of rotatable bonds is 2. The summed E-state index contributed by atoms with van der Waals surface area (Å²) in [5, 5.41) is 4.04. The van der Waals surface area contributed by atoms with Crippen molar-refractivity contribution in [3.8, 4) is 28.0 Å². The van der Waals surface area contributed by atoms with Crippen LogP contribution in [0, 0.1) is 0 Å². The predicted octanol–water partition coefficient (Wildman–Crippen LogP) is 3.72. The van der Waals surface area contributed by atoms with Gasteiger partial charge in [0.15, 0.2) is 10.8 Å². The Bertz CT molecular complexity index is 939. The molecule has 0 aliphatic carbocycles. The van der Waals surface area contributed by atoms with Gasteiger partial charge in [0.25, 0.3) is 0 Å². The third kappa shape index (κ3) is 3.25. The maximum Gasteiger partial charge on any atom is 0.408 e. The van der Waals surface area contributed by atoms with Gasteiger partial charge < -0.3 is 4.74 Å². The van der Waals surface area contributed by atoms with Gasteiger partial charge in [-0.2, -0.15) is 18.3 Å². The summed E-state index contributed by atoms with van der Waals surface area (Å²) in [6.07, 6.45) is -1.07. The number of nitrogens with zero attached hydrogens (tertiary/aromatic N) is 5. The molecule has 11 heteroatoms. The number of fused-ring (bicyclic) bond motifs is 3. The lowest BCUT2D eigenvalue weighted by Crippen LogP contribution is -2.19. The van der Waals surface area contributed by atoms with Crippen LogP contribution < -0.4 is 4.74 Å². The molecule has 0 saturated carbocycles. The molecule has 0 N–H and O–H groups in total. The van der Waals surface area contributed by atoms with E-state index in [0.717, 1.165) is 20.4 Å². The highest BCUT2D eigenvalue weighted by molar-refractivity contribution is 9.10. The van der Waals surface area contributed by atoms with Crippen molar-refractivity contribution in [3.05, 3.63) is 27.9 Å². The Morgan fingerprint density at radius 2 is 2.12 bits per heavy atom. The molecule has 3 aromatic rings. The van der Waals surface area contributed by atoms with Crippen molar-refractivity contribution >= 4 is 27.3 Å². The third-order valence-electron chi connectivity index (χ3n) is 3.46. The normalized spacial score (nSPS) is 13.8. The van der Waals surface area contributed by atoms with Crippen LogP contribution in [0.1, 0.15) is 4.88 Å². The lowest BCUT2D eigenvalue weighted by molar-refractivity contribution is -0.142. The van der Waals surface area contributed by atoms with Crippen LogP contribution >= 0.6 is 27.3 Å². The second-order valence-electron chi connectivity index (χ2n) is 5.25. The molecule has 4 rings (SSSR count). The quantitative estimate of drug-likeness (QED) is 0.618. The SMILES string of the molecule is FC(F)(F)Cn1ncnc1-c1nc2c(s1)CCOc1cc(Br)cnc1-2. The van der Waals surface area contributed by atoms with Gasteiger partial charge in [-0.15, -0.1) is 11.3 Å². The average molecular weight is 432 g/mol. The first-order valence-electron chi connectivity index (χ1n) is 7.14. The molecule has 3 aromatic heterocycles. The van der Waals surface area contributed by atoms with Gasteiger partial charge in [0.1, 0.15) is 30.0 Å². The van der Waals surface area contributed by atoms with Gasteiger partial charge in [-0.25, -0.2) is 19.6 Å². The average Bonchev–Trinajstić information content (AvgIpc) is 3.09.